The summed E-state index contributed by atoms with van der Waals surface area (Å²) in [7, 11) is 1.87. The lowest BCUT2D eigenvalue weighted by Gasteiger charge is -2.20. The van der Waals surface area contributed by atoms with E-state index in [1.165, 1.54) is 0 Å². The molecule has 0 aromatic carbocycles. The van der Waals surface area contributed by atoms with Gasteiger partial charge in [0, 0.05) is 13.1 Å². The zero-order valence-corrected chi connectivity index (χ0v) is 8.96. The SMILES string of the molecule is CCC(C)(C)Cc1cc(N)n(C)n1. The highest BCUT2D eigenvalue weighted by Crippen LogP contribution is 2.25. The molecule has 0 aliphatic heterocycles. The van der Waals surface area contributed by atoms with Gasteiger partial charge >= 0.3 is 0 Å². The zero-order valence-electron chi connectivity index (χ0n) is 8.96. The van der Waals surface area contributed by atoms with Crippen molar-refractivity contribution in [3.63, 3.8) is 0 Å². The van der Waals surface area contributed by atoms with Gasteiger partial charge in [0.1, 0.15) is 5.82 Å². The van der Waals surface area contributed by atoms with Crippen molar-refractivity contribution >= 4 is 5.82 Å². The number of anilines is 1. The molecule has 1 aromatic heterocycles. The van der Waals surface area contributed by atoms with Crippen molar-refractivity contribution in [1.82, 2.24) is 9.78 Å². The number of aryl methyl sites for hydroxylation is 1. The van der Waals surface area contributed by atoms with Crippen molar-refractivity contribution in [3.8, 4) is 0 Å². The van der Waals surface area contributed by atoms with Crippen molar-refractivity contribution in [1.29, 1.82) is 0 Å². The number of aromatic nitrogens is 2. The second-order valence-corrected chi connectivity index (χ2v) is 4.38. The van der Waals surface area contributed by atoms with Crippen molar-refractivity contribution in [2.45, 2.75) is 33.6 Å². The van der Waals surface area contributed by atoms with Crippen LogP contribution >= 0.6 is 0 Å². The van der Waals surface area contributed by atoms with Gasteiger partial charge in [-0.15, -0.1) is 0 Å². The molecule has 0 radical (unpaired) electrons. The van der Waals surface area contributed by atoms with Crippen LogP contribution in [0.4, 0.5) is 5.82 Å². The molecule has 0 aliphatic carbocycles. The molecule has 0 bridgehead atoms. The topological polar surface area (TPSA) is 43.8 Å². The molecule has 0 saturated carbocycles. The number of nitrogens with two attached hydrogens (primary N) is 1. The van der Waals surface area contributed by atoms with Gasteiger partial charge in [-0.2, -0.15) is 5.10 Å². The highest BCUT2D eigenvalue weighted by Gasteiger charge is 2.17. The molecule has 0 saturated heterocycles. The van der Waals surface area contributed by atoms with Gasteiger partial charge in [0.05, 0.1) is 5.69 Å². The minimum atomic E-state index is 0.320. The Labute approximate surface area is 79.9 Å². The Morgan fingerprint density at radius 2 is 2.15 bits per heavy atom. The third kappa shape index (κ3) is 2.47. The Bertz CT molecular complexity index is 267. The van der Waals surface area contributed by atoms with Crippen molar-refractivity contribution < 1.29 is 0 Å². The third-order valence-electron chi connectivity index (χ3n) is 2.58. The summed E-state index contributed by atoms with van der Waals surface area (Å²) >= 11 is 0. The molecule has 0 unspecified atom stereocenters. The maximum Gasteiger partial charge on any atom is 0.121 e. The second kappa shape index (κ2) is 3.40. The van der Waals surface area contributed by atoms with Crippen LogP contribution in [0.25, 0.3) is 0 Å². The summed E-state index contributed by atoms with van der Waals surface area (Å²) in [4.78, 5) is 0. The van der Waals surface area contributed by atoms with Crippen LogP contribution in [0.3, 0.4) is 0 Å². The Kier molecular flexibility index (Phi) is 2.64. The molecular weight excluding hydrogens is 162 g/mol. The molecule has 1 aromatic rings. The first-order valence-corrected chi connectivity index (χ1v) is 4.73. The lowest BCUT2D eigenvalue weighted by atomic mass is 9.85. The van der Waals surface area contributed by atoms with E-state index in [0.29, 0.717) is 5.41 Å². The molecule has 3 nitrogen and oxygen atoms in total. The van der Waals surface area contributed by atoms with Crippen LogP contribution in [0.5, 0.6) is 0 Å². The highest BCUT2D eigenvalue weighted by molar-refractivity contribution is 5.30. The standard InChI is InChI=1S/C10H19N3/c1-5-10(2,3)7-8-6-9(11)13(4)12-8/h6H,5,7,11H2,1-4H3. The van der Waals surface area contributed by atoms with Gasteiger partial charge in [0.15, 0.2) is 0 Å². The summed E-state index contributed by atoms with van der Waals surface area (Å²) in [5.74, 6) is 0.738. The minimum Gasteiger partial charge on any atom is -0.384 e. The molecule has 0 atom stereocenters. The predicted octanol–water partition coefficient (Wildman–Crippen LogP) is 1.98. The van der Waals surface area contributed by atoms with Gasteiger partial charge in [0.2, 0.25) is 0 Å². The fraction of sp³-hybridized carbons (Fsp3) is 0.700. The zero-order chi connectivity index (χ0) is 10.1. The Morgan fingerprint density at radius 3 is 2.54 bits per heavy atom. The molecule has 0 fully saturated rings. The molecule has 0 spiro atoms. The summed E-state index contributed by atoms with van der Waals surface area (Å²) in [6, 6.07) is 1.96. The van der Waals surface area contributed by atoms with Gasteiger partial charge < -0.3 is 5.73 Å². The van der Waals surface area contributed by atoms with Crippen LogP contribution in [0, 0.1) is 5.41 Å². The Hall–Kier alpha value is -0.990. The minimum absolute atomic E-state index is 0.320. The average Bonchev–Trinajstić information content (AvgIpc) is 2.30. The Balaban J connectivity index is 2.75. The molecule has 0 amide bonds. The molecule has 3 heteroatoms. The monoisotopic (exact) mass is 181 g/mol. The summed E-state index contributed by atoms with van der Waals surface area (Å²) in [5, 5.41) is 4.34. The highest BCUT2D eigenvalue weighted by atomic mass is 15.3. The van der Waals surface area contributed by atoms with Gasteiger partial charge in [-0.3, -0.25) is 4.68 Å². The van der Waals surface area contributed by atoms with E-state index in [0.717, 1.165) is 24.4 Å². The van der Waals surface area contributed by atoms with Gasteiger partial charge in [-0.1, -0.05) is 27.2 Å². The van der Waals surface area contributed by atoms with Gasteiger partial charge in [0.25, 0.3) is 0 Å². The number of nitrogen functional groups attached to an aromatic ring is 1. The number of nitrogens with zero attached hydrogens (tertiary/aromatic N) is 2. The summed E-state index contributed by atoms with van der Waals surface area (Å²) in [5.41, 5.74) is 7.11. The fourth-order valence-electron chi connectivity index (χ4n) is 1.25. The number of hydrogen-bond donors (Lipinski definition) is 1. The van der Waals surface area contributed by atoms with Crippen LogP contribution < -0.4 is 5.73 Å². The average molecular weight is 181 g/mol. The first-order chi connectivity index (χ1) is 5.94. The number of hydrogen-bond acceptors (Lipinski definition) is 2. The van der Waals surface area contributed by atoms with E-state index in [1.807, 2.05) is 13.1 Å². The molecule has 74 valence electrons. The molecule has 1 rings (SSSR count). The van der Waals surface area contributed by atoms with Crippen molar-refractivity contribution in [3.05, 3.63) is 11.8 Å². The van der Waals surface area contributed by atoms with Crippen molar-refractivity contribution in [2.24, 2.45) is 12.5 Å². The number of rotatable bonds is 3. The molecule has 1 heterocycles. The van der Waals surface area contributed by atoms with Crippen LogP contribution in [-0.2, 0) is 13.5 Å². The maximum atomic E-state index is 5.70. The van der Waals surface area contributed by atoms with E-state index >= 15 is 0 Å². The van der Waals surface area contributed by atoms with Gasteiger partial charge in [-0.25, -0.2) is 0 Å². The van der Waals surface area contributed by atoms with Crippen LogP contribution in [0.1, 0.15) is 32.9 Å². The Morgan fingerprint density at radius 1 is 1.54 bits per heavy atom. The normalized spacial score (nSPS) is 12.0. The van der Waals surface area contributed by atoms with Crippen LogP contribution in [0.2, 0.25) is 0 Å². The van der Waals surface area contributed by atoms with E-state index in [-0.39, 0.29) is 0 Å². The molecule has 2 N–H and O–H groups in total. The van der Waals surface area contributed by atoms with Crippen LogP contribution in [0.15, 0.2) is 6.07 Å². The maximum absolute atomic E-state index is 5.70. The van der Waals surface area contributed by atoms with Crippen molar-refractivity contribution in [2.75, 3.05) is 5.73 Å². The summed E-state index contributed by atoms with van der Waals surface area (Å²) in [6.45, 7) is 6.70. The lowest BCUT2D eigenvalue weighted by molar-refractivity contribution is 0.344. The van der Waals surface area contributed by atoms with Gasteiger partial charge in [-0.05, 0) is 11.8 Å². The largest absolute Gasteiger partial charge is 0.384 e. The smallest absolute Gasteiger partial charge is 0.121 e. The van der Waals surface area contributed by atoms with E-state index in [1.54, 1.807) is 4.68 Å². The quantitative estimate of drug-likeness (QED) is 0.775. The van der Waals surface area contributed by atoms with E-state index in [4.69, 9.17) is 5.73 Å². The predicted molar refractivity (Wildman–Crippen MR) is 55.4 cm³/mol. The third-order valence-corrected chi connectivity index (χ3v) is 2.58. The fourth-order valence-corrected chi connectivity index (χ4v) is 1.25. The second-order valence-electron chi connectivity index (χ2n) is 4.38. The first-order valence-electron chi connectivity index (χ1n) is 4.73. The van der Waals surface area contributed by atoms with E-state index < -0.39 is 0 Å². The molecule has 0 aliphatic rings. The molecular formula is C10H19N3. The van der Waals surface area contributed by atoms with E-state index in [9.17, 15) is 0 Å². The summed E-state index contributed by atoms with van der Waals surface area (Å²) in [6.07, 6.45) is 2.15. The van der Waals surface area contributed by atoms with Crippen LogP contribution in [-0.4, -0.2) is 9.78 Å². The molecule has 13 heavy (non-hydrogen) atoms. The lowest BCUT2D eigenvalue weighted by Crippen LogP contribution is -2.13. The first kappa shape index (κ1) is 10.1. The van der Waals surface area contributed by atoms with E-state index in [2.05, 4.69) is 25.9 Å². The summed E-state index contributed by atoms with van der Waals surface area (Å²) < 4.78 is 1.72.